The summed E-state index contributed by atoms with van der Waals surface area (Å²) in [4.78, 5) is 4.07. The minimum Gasteiger partial charge on any atom is -0.484 e. The number of aliphatic hydroxyl groups is 1. The minimum absolute atomic E-state index is 0.172. The van der Waals surface area contributed by atoms with Crippen LogP contribution in [0.3, 0.4) is 0 Å². The van der Waals surface area contributed by atoms with Gasteiger partial charge in [0.05, 0.1) is 24.3 Å². The molecular formula is C15H19FN2O2. The van der Waals surface area contributed by atoms with Crippen LogP contribution in [0.15, 0.2) is 30.7 Å². The molecule has 1 atom stereocenters. The van der Waals surface area contributed by atoms with Crippen molar-refractivity contribution in [2.45, 2.75) is 39.5 Å². The summed E-state index contributed by atoms with van der Waals surface area (Å²) in [5, 5.41) is 9.40. The first-order valence-corrected chi connectivity index (χ1v) is 6.60. The molecule has 1 aromatic heterocycles. The number of nitrogens with zero attached hydrogens (tertiary/aromatic N) is 2. The molecule has 2 rings (SSSR count). The van der Waals surface area contributed by atoms with Gasteiger partial charge in [0.1, 0.15) is 6.61 Å². The smallest absolute Gasteiger partial charge is 0.165 e. The molecule has 1 heterocycles. The molecule has 20 heavy (non-hydrogen) atoms. The Labute approximate surface area is 117 Å². The van der Waals surface area contributed by atoms with Crippen LogP contribution in [0.4, 0.5) is 4.39 Å². The molecule has 0 saturated carbocycles. The Morgan fingerprint density at radius 2 is 2.10 bits per heavy atom. The molecule has 4 nitrogen and oxygen atoms in total. The molecular weight excluding hydrogens is 259 g/mol. The van der Waals surface area contributed by atoms with E-state index in [1.165, 1.54) is 12.1 Å². The van der Waals surface area contributed by atoms with Gasteiger partial charge in [0.15, 0.2) is 11.6 Å². The highest BCUT2D eigenvalue weighted by atomic mass is 19.1. The minimum atomic E-state index is -0.694. The molecule has 0 saturated heterocycles. The predicted molar refractivity (Wildman–Crippen MR) is 74.0 cm³/mol. The Hall–Kier alpha value is -1.88. The Bertz CT molecular complexity index is 579. The van der Waals surface area contributed by atoms with Gasteiger partial charge in [-0.25, -0.2) is 9.37 Å². The molecule has 0 radical (unpaired) electrons. The zero-order valence-corrected chi connectivity index (χ0v) is 11.9. The van der Waals surface area contributed by atoms with Gasteiger partial charge >= 0.3 is 0 Å². The fourth-order valence-corrected chi connectivity index (χ4v) is 1.95. The highest BCUT2D eigenvalue weighted by Crippen LogP contribution is 2.23. The van der Waals surface area contributed by atoms with Crippen LogP contribution in [0.1, 0.15) is 44.2 Å². The number of aromatic nitrogens is 2. The Morgan fingerprint density at radius 3 is 2.70 bits per heavy atom. The zero-order chi connectivity index (χ0) is 14.7. The van der Waals surface area contributed by atoms with Crippen LogP contribution in [0.5, 0.6) is 5.75 Å². The maximum Gasteiger partial charge on any atom is 0.165 e. The molecule has 1 N–H and O–H groups in total. The van der Waals surface area contributed by atoms with Gasteiger partial charge in [0.2, 0.25) is 0 Å². The van der Waals surface area contributed by atoms with Crippen molar-refractivity contribution < 1.29 is 14.2 Å². The number of hydrogen-bond acceptors (Lipinski definition) is 3. The summed E-state index contributed by atoms with van der Waals surface area (Å²) >= 11 is 0. The van der Waals surface area contributed by atoms with E-state index in [1.54, 1.807) is 25.5 Å². The van der Waals surface area contributed by atoms with Crippen LogP contribution >= 0.6 is 0 Å². The average molecular weight is 278 g/mol. The normalized spacial score (nSPS) is 12.7. The molecule has 0 aliphatic carbocycles. The summed E-state index contributed by atoms with van der Waals surface area (Å²) < 4.78 is 21.3. The number of rotatable bonds is 5. The van der Waals surface area contributed by atoms with Crippen LogP contribution < -0.4 is 4.74 Å². The lowest BCUT2D eigenvalue weighted by atomic mass is 10.1. The van der Waals surface area contributed by atoms with Crippen molar-refractivity contribution in [3.63, 3.8) is 0 Å². The first-order chi connectivity index (χ1) is 9.49. The van der Waals surface area contributed by atoms with Crippen molar-refractivity contribution in [3.8, 4) is 5.75 Å². The second-order valence-corrected chi connectivity index (χ2v) is 5.04. The summed E-state index contributed by atoms with van der Waals surface area (Å²) in [6.07, 6.45) is 2.75. The van der Waals surface area contributed by atoms with E-state index >= 15 is 0 Å². The average Bonchev–Trinajstić information content (AvgIpc) is 2.85. The summed E-state index contributed by atoms with van der Waals surface area (Å²) in [7, 11) is 0. The van der Waals surface area contributed by atoms with E-state index in [2.05, 4.69) is 4.98 Å². The Balaban J connectivity index is 2.09. The van der Waals surface area contributed by atoms with E-state index in [-0.39, 0.29) is 18.4 Å². The van der Waals surface area contributed by atoms with E-state index < -0.39 is 11.9 Å². The van der Waals surface area contributed by atoms with Gasteiger partial charge in [-0.3, -0.25) is 0 Å². The number of ether oxygens (including phenoxy) is 1. The molecule has 2 aromatic rings. The van der Waals surface area contributed by atoms with Crippen molar-refractivity contribution >= 4 is 0 Å². The standard InChI is InChI=1S/C15H19FN2O2/c1-10(2)18-9-17-7-13(18)8-20-15-5-4-12(11(3)19)6-14(15)16/h4-7,9-11,19H,8H2,1-3H3/t11-/m0/s1. The number of hydrogen-bond donors (Lipinski definition) is 1. The lowest BCUT2D eigenvalue weighted by molar-refractivity contribution is 0.198. The van der Waals surface area contributed by atoms with Crippen molar-refractivity contribution in [2.24, 2.45) is 0 Å². The third-order valence-electron chi connectivity index (χ3n) is 3.12. The maximum absolute atomic E-state index is 13.8. The van der Waals surface area contributed by atoms with Crippen molar-refractivity contribution in [2.75, 3.05) is 0 Å². The molecule has 0 unspecified atom stereocenters. The monoisotopic (exact) mass is 278 g/mol. The van der Waals surface area contributed by atoms with Crippen LogP contribution in [-0.2, 0) is 6.61 Å². The van der Waals surface area contributed by atoms with Gasteiger partial charge in [-0.05, 0) is 38.5 Å². The first-order valence-electron chi connectivity index (χ1n) is 6.60. The van der Waals surface area contributed by atoms with Crippen molar-refractivity contribution in [1.29, 1.82) is 0 Å². The molecule has 0 fully saturated rings. The van der Waals surface area contributed by atoms with Crippen molar-refractivity contribution in [1.82, 2.24) is 9.55 Å². The van der Waals surface area contributed by atoms with Crippen LogP contribution in [0.25, 0.3) is 0 Å². The largest absolute Gasteiger partial charge is 0.484 e. The van der Waals surface area contributed by atoms with Gasteiger partial charge in [-0.1, -0.05) is 6.07 Å². The molecule has 0 aliphatic heterocycles. The van der Waals surface area contributed by atoms with Gasteiger partial charge < -0.3 is 14.4 Å². The van der Waals surface area contributed by atoms with Crippen LogP contribution in [-0.4, -0.2) is 14.7 Å². The molecule has 1 aromatic carbocycles. The third kappa shape index (κ3) is 3.17. The Morgan fingerprint density at radius 1 is 1.35 bits per heavy atom. The molecule has 0 bridgehead atoms. The van der Waals surface area contributed by atoms with Gasteiger partial charge in [-0.2, -0.15) is 0 Å². The third-order valence-corrected chi connectivity index (χ3v) is 3.12. The van der Waals surface area contributed by atoms with Gasteiger partial charge in [0.25, 0.3) is 0 Å². The van der Waals surface area contributed by atoms with Gasteiger partial charge in [-0.15, -0.1) is 0 Å². The Kier molecular flexibility index (Phi) is 4.39. The van der Waals surface area contributed by atoms with Crippen molar-refractivity contribution in [3.05, 3.63) is 47.8 Å². The van der Waals surface area contributed by atoms with E-state index in [1.807, 2.05) is 18.4 Å². The highest BCUT2D eigenvalue weighted by molar-refractivity contribution is 5.30. The fraction of sp³-hybridized carbons (Fsp3) is 0.400. The van der Waals surface area contributed by atoms with E-state index in [9.17, 15) is 9.50 Å². The van der Waals surface area contributed by atoms with Crippen LogP contribution in [0.2, 0.25) is 0 Å². The number of halogens is 1. The molecule has 0 spiro atoms. The quantitative estimate of drug-likeness (QED) is 0.913. The summed E-state index contributed by atoms with van der Waals surface area (Å²) in [5.74, 6) is -0.301. The van der Waals surface area contributed by atoms with E-state index in [4.69, 9.17) is 4.74 Å². The maximum atomic E-state index is 13.8. The lowest BCUT2D eigenvalue weighted by Crippen LogP contribution is -2.07. The summed E-state index contributed by atoms with van der Waals surface area (Å²) in [6.45, 7) is 5.94. The van der Waals surface area contributed by atoms with Crippen LogP contribution in [0, 0.1) is 5.82 Å². The zero-order valence-electron chi connectivity index (χ0n) is 11.9. The summed E-state index contributed by atoms with van der Waals surface area (Å²) in [5.41, 5.74) is 1.42. The predicted octanol–water partition coefficient (Wildman–Crippen LogP) is 3.24. The molecule has 0 amide bonds. The SMILES string of the molecule is CC(C)n1cncc1COc1ccc([C@H](C)O)cc1F. The summed E-state index contributed by atoms with van der Waals surface area (Å²) in [6, 6.07) is 4.76. The number of aliphatic hydroxyl groups excluding tert-OH is 1. The molecule has 108 valence electrons. The molecule has 5 heteroatoms. The second kappa shape index (κ2) is 6.05. The topological polar surface area (TPSA) is 47.3 Å². The highest BCUT2D eigenvalue weighted by Gasteiger charge is 2.10. The van der Waals surface area contributed by atoms with E-state index in [0.717, 1.165) is 5.69 Å². The van der Waals surface area contributed by atoms with E-state index in [0.29, 0.717) is 5.56 Å². The number of benzene rings is 1. The lowest BCUT2D eigenvalue weighted by Gasteiger charge is -2.13. The fourth-order valence-electron chi connectivity index (χ4n) is 1.95. The molecule has 0 aliphatic rings. The van der Waals surface area contributed by atoms with Gasteiger partial charge in [0, 0.05) is 6.04 Å². The first kappa shape index (κ1) is 14.5. The second-order valence-electron chi connectivity index (χ2n) is 5.04. The number of imidazole rings is 1.